The van der Waals surface area contributed by atoms with Crippen LogP contribution in [0, 0.1) is 5.92 Å². The van der Waals surface area contributed by atoms with E-state index < -0.39 is 24.4 Å². The van der Waals surface area contributed by atoms with Crippen molar-refractivity contribution in [3.63, 3.8) is 0 Å². The molecule has 4 N–H and O–H groups in total. The molecule has 0 radical (unpaired) electrons. The Balaban J connectivity index is 1.66. The molecule has 0 unspecified atom stereocenters. The molecule has 0 fully saturated rings. The largest absolute Gasteiger partial charge is 0.508 e. The lowest BCUT2D eigenvalue weighted by Crippen LogP contribution is -2.23. The Morgan fingerprint density at radius 3 is 2.67 bits per heavy atom. The van der Waals surface area contributed by atoms with Crippen LogP contribution in [0.25, 0.3) is 0 Å². The second kappa shape index (κ2) is 7.79. The van der Waals surface area contributed by atoms with Gasteiger partial charge in [-0.3, -0.25) is 9.59 Å². The third-order valence-electron chi connectivity index (χ3n) is 4.45. The minimum atomic E-state index is -0.681. The number of nitrogens with one attached hydrogen (secondary N) is 1. The van der Waals surface area contributed by atoms with Gasteiger partial charge in [0.25, 0.3) is 11.8 Å². The van der Waals surface area contributed by atoms with Crippen molar-refractivity contribution in [1.29, 1.82) is 0 Å². The molecule has 2 amide bonds. The number of amides is 2. The van der Waals surface area contributed by atoms with Crippen molar-refractivity contribution in [2.45, 2.75) is 26.2 Å². The monoisotopic (exact) mass is 388 g/mol. The highest BCUT2D eigenvalue weighted by molar-refractivity contribution is 7.17. The summed E-state index contributed by atoms with van der Waals surface area (Å²) in [5.41, 5.74) is 7.02. The summed E-state index contributed by atoms with van der Waals surface area (Å²) in [6, 6.07) is 5.50. The van der Waals surface area contributed by atoms with Crippen molar-refractivity contribution in [1.82, 2.24) is 0 Å². The molecule has 27 heavy (non-hydrogen) atoms. The van der Waals surface area contributed by atoms with Crippen molar-refractivity contribution < 1.29 is 24.2 Å². The first-order chi connectivity index (χ1) is 12.8. The van der Waals surface area contributed by atoms with Crippen LogP contribution in [0.4, 0.5) is 5.00 Å². The highest BCUT2D eigenvalue weighted by atomic mass is 32.1. The number of nitrogens with two attached hydrogens (primary N) is 1. The lowest BCUT2D eigenvalue weighted by atomic mass is 9.88. The summed E-state index contributed by atoms with van der Waals surface area (Å²) in [4.78, 5) is 37.0. The fourth-order valence-corrected chi connectivity index (χ4v) is 4.51. The quantitative estimate of drug-likeness (QED) is 0.680. The molecule has 1 aliphatic carbocycles. The first-order valence-corrected chi connectivity index (χ1v) is 9.37. The van der Waals surface area contributed by atoms with Gasteiger partial charge >= 0.3 is 5.97 Å². The molecule has 1 atom stereocenters. The van der Waals surface area contributed by atoms with Gasteiger partial charge in [-0.05, 0) is 55.0 Å². The maximum Gasteiger partial charge on any atom is 0.338 e. The number of benzene rings is 1. The first kappa shape index (κ1) is 18.9. The van der Waals surface area contributed by atoms with Gasteiger partial charge in [0.15, 0.2) is 6.61 Å². The fourth-order valence-electron chi connectivity index (χ4n) is 3.07. The number of hydrogen-bond donors (Lipinski definition) is 3. The summed E-state index contributed by atoms with van der Waals surface area (Å²) in [7, 11) is 0. The van der Waals surface area contributed by atoms with Crippen molar-refractivity contribution in [2.24, 2.45) is 11.7 Å². The number of hydrogen-bond acceptors (Lipinski definition) is 6. The van der Waals surface area contributed by atoms with Crippen molar-refractivity contribution in [3.05, 3.63) is 45.8 Å². The lowest BCUT2D eigenvalue weighted by molar-refractivity contribution is -0.119. The third kappa shape index (κ3) is 4.28. The zero-order valence-electron chi connectivity index (χ0n) is 14.8. The van der Waals surface area contributed by atoms with E-state index in [0.29, 0.717) is 16.5 Å². The predicted octanol–water partition coefficient (Wildman–Crippen LogP) is 2.47. The van der Waals surface area contributed by atoms with Crippen LogP contribution in [0.1, 0.15) is 44.5 Å². The van der Waals surface area contributed by atoms with Gasteiger partial charge in [0, 0.05) is 4.88 Å². The number of rotatable bonds is 5. The van der Waals surface area contributed by atoms with E-state index in [1.165, 1.54) is 35.6 Å². The van der Waals surface area contributed by atoms with E-state index in [1.54, 1.807) is 0 Å². The van der Waals surface area contributed by atoms with E-state index in [9.17, 15) is 19.5 Å². The second-order valence-corrected chi connectivity index (χ2v) is 7.70. The van der Waals surface area contributed by atoms with E-state index >= 15 is 0 Å². The van der Waals surface area contributed by atoms with Crippen LogP contribution in [-0.4, -0.2) is 29.5 Å². The average molecular weight is 388 g/mol. The maximum absolute atomic E-state index is 12.2. The fraction of sp³-hybridized carbons (Fsp3) is 0.316. The highest BCUT2D eigenvalue weighted by Gasteiger charge is 2.27. The van der Waals surface area contributed by atoms with Crippen LogP contribution in [0.5, 0.6) is 5.75 Å². The van der Waals surface area contributed by atoms with Crippen molar-refractivity contribution in [2.75, 3.05) is 11.9 Å². The lowest BCUT2D eigenvalue weighted by Gasteiger charge is -2.18. The Labute approximate surface area is 160 Å². The number of anilines is 1. The van der Waals surface area contributed by atoms with Crippen LogP contribution in [-0.2, 0) is 22.4 Å². The molecule has 1 aromatic heterocycles. The third-order valence-corrected chi connectivity index (χ3v) is 5.62. The smallest absolute Gasteiger partial charge is 0.338 e. The number of thiophene rings is 1. The summed E-state index contributed by atoms with van der Waals surface area (Å²) >= 11 is 1.35. The minimum absolute atomic E-state index is 0.0271. The van der Waals surface area contributed by atoms with E-state index in [4.69, 9.17) is 10.5 Å². The highest BCUT2D eigenvalue weighted by Crippen LogP contribution is 2.39. The normalized spacial score (nSPS) is 15.7. The molecular weight excluding hydrogens is 368 g/mol. The predicted molar refractivity (Wildman–Crippen MR) is 101 cm³/mol. The van der Waals surface area contributed by atoms with Gasteiger partial charge < -0.3 is 20.9 Å². The standard InChI is InChI=1S/C19H20N2O5S/c1-10-2-7-13-14(8-10)27-18(16(13)17(20)24)21-15(23)9-26-19(25)11-3-5-12(22)6-4-11/h3-6,10,22H,2,7-9H2,1H3,(H2,20,24)(H,21,23)/t10-/m0/s1. The Morgan fingerprint density at radius 2 is 2.00 bits per heavy atom. The Hall–Kier alpha value is -2.87. The van der Waals surface area contributed by atoms with Gasteiger partial charge in [0.1, 0.15) is 10.8 Å². The number of aromatic hydroxyl groups is 1. The molecule has 0 saturated heterocycles. The molecule has 0 saturated carbocycles. The van der Waals surface area contributed by atoms with E-state index in [-0.39, 0.29) is 11.3 Å². The molecule has 1 heterocycles. The van der Waals surface area contributed by atoms with E-state index in [2.05, 4.69) is 12.2 Å². The average Bonchev–Trinajstić information content (AvgIpc) is 2.97. The summed E-state index contributed by atoms with van der Waals surface area (Å²) in [6.45, 7) is 1.66. The number of ether oxygens (including phenoxy) is 1. The molecule has 0 spiro atoms. The summed E-state index contributed by atoms with van der Waals surface area (Å²) < 4.78 is 4.98. The number of esters is 1. The number of primary amides is 1. The van der Waals surface area contributed by atoms with Gasteiger partial charge in [-0.15, -0.1) is 11.3 Å². The molecule has 2 aromatic rings. The SMILES string of the molecule is C[C@H]1CCc2c(sc(NC(=O)COC(=O)c3ccc(O)cc3)c2C(N)=O)C1. The molecule has 8 heteroatoms. The van der Waals surface area contributed by atoms with Gasteiger partial charge in [-0.25, -0.2) is 4.79 Å². The summed E-state index contributed by atoms with van der Waals surface area (Å²) in [6.07, 6.45) is 2.59. The van der Waals surface area contributed by atoms with Crippen LogP contribution >= 0.6 is 11.3 Å². The van der Waals surface area contributed by atoms with E-state index in [1.807, 2.05) is 0 Å². The molecule has 1 aliphatic rings. The number of carbonyl (C=O) groups is 3. The molecule has 1 aromatic carbocycles. The number of carbonyl (C=O) groups excluding carboxylic acids is 3. The summed E-state index contributed by atoms with van der Waals surface area (Å²) in [5.74, 6) is -1.25. The Morgan fingerprint density at radius 1 is 1.30 bits per heavy atom. The Kier molecular flexibility index (Phi) is 5.46. The van der Waals surface area contributed by atoms with Gasteiger partial charge in [0.05, 0.1) is 11.1 Å². The first-order valence-electron chi connectivity index (χ1n) is 8.55. The Bertz CT molecular complexity index is 888. The van der Waals surface area contributed by atoms with Crippen molar-refractivity contribution in [3.8, 4) is 5.75 Å². The van der Waals surface area contributed by atoms with Crippen LogP contribution in [0.3, 0.4) is 0 Å². The molecule has 7 nitrogen and oxygen atoms in total. The van der Waals surface area contributed by atoms with Crippen LogP contribution in [0.15, 0.2) is 24.3 Å². The van der Waals surface area contributed by atoms with Crippen molar-refractivity contribution >= 4 is 34.1 Å². The molecule has 3 rings (SSSR count). The topological polar surface area (TPSA) is 119 Å². The minimum Gasteiger partial charge on any atom is -0.508 e. The van der Waals surface area contributed by atoms with E-state index in [0.717, 1.165) is 29.7 Å². The second-order valence-electron chi connectivity index (χ2n) is 6.59. The molecular formula is C19H20N2O5S. The maximum atomic E-state index is 12.2. The zero-order chi connectivity index (χ0) is 19.6. The number of phenols is 1. The molecule has 0 bridgehead atoms. The van der Waals surface area contributed by atoms with Crippen LogP contribution < -0.4 is 11.1 Å². The van der Waals surface area contributed by atoms with Gasteiger partial charge in [0.2, 0.25) is 0 Å². The van der Waals surface area contributed by atoms with Crippen LogP contribution in [0.2, 0.25) is 0 Å². The number of phenolic OH excluding ortho intramolecular Hbond substituents is 1. The molecule has 0 aliphatic heterocycles. The zero-order valence-corrected chi connectivity index (χ0v) is 15.6. The number of fused-ring (bicyclic) bond motifs is 1. The van der Waals surface area contributed by atoms with Gasteiger partial charge in [-0.2, -0.15) is 0 Å². The molecule has 142 valence electrons. The summed E-state index contributed by atoms with van der Waals surface area (Å²) in [5, 5.41) is 12.3. The van der Waals surface area contributed by atoms with Gasteiger partial charge in [-0.1, -0.05) is 6.92 Å².